The minimum atomic E-state index is -3.44. The Morgan fingerprint density at radius 2 is 1.86 bits per heavy atom. The third-order valence-corrected chi connectivity index (χ3v) is 6.63. The number of benzene rings is 1. The van der Waals surface area contributed by atoms with Gasteiger partial charge in [-0.05, 0) is 38.1 Å². The average Bonchev–Trinajstić information content (AvgIpc) is 3.30. The van der Waals surface area contributed by atoms with Gasteiger partial charge in [0.25, 0.3) is 0 Å². The molecule has 1 saturated heterocycles. The van der Waals surface area contributed by atoms with Gasteiger partial charge in [0.1, 0.15) is 6.61 Å². The molecule has 0 saturated carbocycles. The summed E-state index contributed by atoms with van der Waals surface area (Å²) in [4.78, 5) is 26.9. The Morgan fingerprint density at radius 1 is 1.25 bits per heavy atom. The molecular weight excluding hydrogens is 499 g/mol. The maximum atomic E-state index is 14.1. The van der Waals surface area contributed by atoms with E-state index in [4.69, 9.17) is 29.1 Å². The quantitative estimate of drug-likeness (QED) is 0.477. The fourth-order valence-electron chi connectivity index (χ4n) is 3.40. The molecular formula is C22H31FN4O8S. The number of nitrogens with zero attached hydrogens (tertiary/aromatic N) is 4. The number of rotatable bonds is 8. The minimum absolute atomic E-state index is 0.0574. The molecule has 0 atom stereocenters. The predicted molar refractivity (Wildman–Crippen MR) is 127 cm³/mol. The summed E-state index contributed by atoms with van der Waals surface area (Å²) in [5, 5.41) is 18.8. The third kappa shape index (κ3) is 8.45. The Balaban J connectivity index is 0.000000678. The molecule has 0 radical (unpaired) electrons. The van der Waals surface area contributed by atoms with Crippen LogP contribution in [0.25, 0.3) is 0 Å². The van der Waals surface area contributed by atoms with E-state index in [1.807, 2.05) is 20.9 Å². The SMILES string of the molecule is CC(C)c1noc(N2CCC(N(C)CCOc3ccc(S(C)(=O)=O)cc3F)CC2)n1.O=C(O)C(=O)O. The highest BCUT2D eigenvalue weighted by atomic mass is 32.2. The molecule has 0 spiro atoms. The second kappa shape index (κ2) is 12.6. The Hall–Kier alpha value is -3.26. The molecule has 12 nitrogen and oxygen atoms in total. The van der Waals surface area contributed by atoms with Crippen LogP contribution in [0.4, 0.5) is 10.4 Å². The number of carboxylic acids is 2. The van der Waals surface area contributed by atoms with Crippen LogP contribution in [0.5, 0.6) is 5.75 Å². The molecule has 1 aromatic carbocycles. The Bertz CT molecular complexity index is 1130. The second-order valence-corrected chi connectivity index (χ2v) is 10.6. The molecule has 1 aliphatic heterocycles. The number of ether oxygens (including phenoxy) is 1. The van der Waals surface area contributed by atoms with Gasteiger partial charge in [0.15, 0.2) is 27.2 Å². The van der Waals surface area contributed by atoms with Crippen molar-refractivity contribution in [2.75, 3.05) is 44.4 Å². The Kier molecular flexibility index (Phi) is 10.2. The number of carbonyl (C=O) groups is 2. The van der Waals surface area contributed by atoms with E-state index >= 15 is 0 Å². The number of sulfone groups is 1. The van der Waals surface area contributed by atoms with Crippen LogP contribution in [0.1, 0.15) is 38.4 Å². The lowest BCUT2D eigenvalue weighted by atomic mass is 10.0. The van der Waals surface area contributed by atoms with Gasteiger partial charge >= 0.3 is 18.0 Å². The molecule has 0 amide bonds. The molecule has 2 heterocycles. The van der Waals surface area contributed by atoms with Crippen molar-refractivity contribution in [1.29, 1.82) is 0 Å². The van der Waals surface area contributed by atoms with E-state index in [2.05, 4.69) is 19.9 Å². The lowest BCUT2D eigenvalue weighted by Crippen LogP contribution is -2.44. The summed E-state index contributed by atoms with van der Waals surface area (Å²) < 4.78 is 48.0. The summed E-state index contributed by atoms with van der Waals surface area (Å²) in [7, 11) is -1.42. The van der Waals surface area contributed by atoms with Gasteiger partial charge in [-0.25, -0.2) is 22.4 Å². The number of hydrogen-bond acceptors (Lipinski definition) is 10. The van der Waals surface area contributed by atoms with Gasteiger partial charge in [-0.3, -0.25) is 4.90 Å². The number of anilines is 1. The van der Waals surface area contributed by atoms with Gasteiger partial charge in [-0.1, -0.05) is 19.0 Å². The van der Waals surface area contributed by atoms with Crippen LogP contribution in [0, 0.1) is 5.82 Å². The van der Waals surface area contributed by atoms with Crippen molar-refractivity contribution in [2.45, 2.75) is 43.5 Å². The van der Waals surface area contributed by atoms with Crippen molar-refractivity contribution >= 4 is 27.8 Å². The molecule has 1 aliphatic rings. The molecule has 0 unspecified atom stereocenters. The van der Waals surface area contributed by atoms with Gasteiger partial charge in [-0.2, -0.15) is 4.98 Å². The first-order chi connectivity index (χ1) is 16.8. The van der Waals surface area contributed by atoms with Crippen LogP contribution in [-0.4, -0.2) is 91.2 Å². The van der Waals surface area contributed by atoms with Crippen LogP contribution in [-0.2, 0) is 19.4 Å². The maximum absolute atomic E-state index is 14.1. The van der Waals surface area contributed by atoms with Gasteiger partial charge in [0.2, 0.25) is 0 Å². The number of aliphatic carboxylic acids is 2. The number of hydrogen-bond donors (Lipinski definition) is 2. The first kappa shape index (κ1) is 29.0. The predicted octanol–water partition coefficient (Wildman–Crippen LogP) is 1.87. The monoisotopic (exact) mass is 530 g/mol. The van der Waals surface area contributed by atoms with Crippen LogP contribution < -0.4 is 9.64 Å². The Morgan fingerprint density at radius 3 is 2.33 bits per heavy atom. The van der Waals surface area contributed by atoms with E-state index in [9.17, 15) is 12.8 Å². The van der Waals surface area contributed by atoms with Gasteiger partial charge in [-0.15, -0.1) is 0 Å². The number of piperidine rings is 1. The van der Waals surface area contributed by atoms with Crippen LogP contribution in [0.3, 0.4) is 0 Å². The molecule has 0 aliphatic carbocycles. The smallest absolute Gasteiger partial charge is 0.414 e. The molecule has 0 bridgehead atoms. The van der Waals surface area contributed by atoms with E-state index in [1.54, 1.807) is 0 Å². The molecule has 14 heteroatoms. The zero-order valence-corrected chi connectivity index (χ0v) is 21.4. The van der Waals surface area contributed by atoms with Crippen molar-refractivity contribution in [3.63, 3.8) is 0 Å². The molecule has 1 aromatic heterocycles. The summed E-state index contributed by atoms with van der Waals surface area (Å²) in [6.45, 7) is 6.67. The lowest BCUT2D eigenvalue weighted by Gasteiger charge is -2.35. The Labute approximate surface area is 208 Å². The van der Waals surface area contributed by atoms with Gasteiger partial charge in [0.05, 0.1) is 4.90 Å². The average molecular weight is 531 g/mol. The third-order valence-electron chi connectivity index (χ3n) is 5.52. The highest BCUT2D eigenvalue weighted by molar-refractivity contribution is 7.90. The van der Waals surface area contributed by atoms with Gasteiger partial charge < -0.3 is 24.4 Å². The lowest BCUT2D eigenvalue weighted by molar-refractivity contribution is -0.159. The van der Waals surface area contributed by atoms with Crippen molar-refractivity contribution in [2.24, 2.45) is 0 Å². The molecule has 2 aromatic rings. The number of halogens is 1. The fraction of sp³-hybridized carbons (Fsp3) is 0.545. The van der Waals surface area contributed by atoms with Crippen LogP contribution in [0.2, 0.25) is 0 Å². The first-order valence-corrected chi connectivity index (χ1v) is 13.1. The summed E-state index contributed by atoms with van der Waals surface area (Å²) >= 11 is 0. The molecule has 36 heavy (non-hydrogen) atoms. The maximum Gasteiger partial charge on any atom is 0.414 e. The van der Waals surface area contributed by atoms with Crippen LogP contribution >= 0.6 is 0 Å². The van der Waals surface area contributed by atoms with E-state index < -0.39 is 27.6 Å². The highest BCUT2D eigenvalue weighted by Gasteiger charge is 2.26. The van der Waals surface area contributed by atoms with E-state index in [0.717, 1.165) is 44.1 Å². The zero-order chi connectivity index (χ0) is 27.0. The normalized spacial score (nSPS) is 14.5. The van der Waals surface area contributed by atoms with Crippen molar-refractivity contribution < 1.29 is 41.9 Å². The summed E-state index contributed by atoms with van der Waals surface area (Å²) in [6.07, 6.45) is 2.95. The van der Waals surface area contributed by atoms with Crippen LogP contribution in [0.15, 0.2) is 27.6 Å². The fourth-order valence-corrected chi connectivity index (χ4v) is 4.03. The zero-order valence-electron chi connectivity index (χ0n) is 20.5. The summed E-state index contributed by atoms with van der Waals surface area (Å²) in [6, 6.07) is 4.67. The molecule has 2 N–H and O–H groups in total. The van der Waals surface area contributed by atoms with E-state index in [-0.39, 0.29) is 16.6 Å². The first-order valence-electron chi connectivity index (χ1n) is 11.2. The number of likely N-dealkylation sites (N-methyl/N-ethyl adjacent to an activating group) is 1. The minimum Gasteiger partial charge on any atom is -0.489 e. The summed E-state index contributed by atoms with van der Waals surface area (Å²) in [5.41, 5.74) is 0. The van der Waals surface area contributed by atoms with Crippen molar-refractivity contribution in [3.8, 4) is 5.75 Å². The standard InChI is InChI=1S/C20H29FN4O4S.C2H2O4/c1-14(2)19-22-20(29-23-19)25-9-7-15(8-10-25)24(3)11-12-28-18-6-5-16(13-17(18)21)30(4,26)27;3-1(4)2(5)6/h5-6,13-15H,7-12H2,1-4H3;(H,3,4)(H,5,6). The summed E-state index contributed by atoms with van der Waals surface area (Å²) in [5.74, 6) is -3.31. The number of aromatic nitrogens is 2. The highest BCUT2D eigenvalue weighted by Crippen LogP contribution is 2.23. The molecule has 1 fully saturated rings. The van der Waals surface area contributed by atoms with Crippen molar-refractivity contribution in [1.82, 2.24) is 15.0 Å². The van der Waals surface area contributed by atoms with E-state index in [0.29, 0.717) is 25.2 Å². The largest absolute Gasteiger partial charge is 0.489 e. The molecule has 3 rings (SSSR count). The molecule has 200 valence electrons. The topological polar surface area (TPSA) is 163 Å². The van der Waals surface area contributed by atoms with Gasteiger partial charge in [0, 0.05) is 37.8 Å². The second-order valence-electron chi connectivity index (χ2n) is 8.61. The van der Waals surface area contributed by atoms with E-state index in [1.165, 1.54) is 12.1 Å². The number of carboxylic acid groups (broad SMARTS) is 2. The van der Waals surface area contributed by atoms with Crippen molar-refractivity contribution in [3.05, 3.63) is 29.8 Å².